The quantitative estimate of drug-likeness (QED) is 0.594. The van der Waals surface area contributed by atoms with E-state index in [0.717, 1.165) is 31.9 Å². The molecule has 0 aliphatic heterocycles. The van der Waals surface area contributed by atoms with Gasteiger partial charge in [0.05, 0.1) is 25.5 Å². The lowest BCUT2D eigenvalue weighted by atomic mass is 10.1. The molecule has 1 aromatic rings. The van der Waals surface area contributed by atoms with Crippen LogP contribution in [0.4, 0.5) is 0 Å². The molecule has 0 aromatic carbocycles. The second kappa shape index (κ2) is 9.02. The minimum Gasteiger partial charge on any atom is -0.394 e. The monoisotopic (exact) mass is 256 g/mol. The Balaban J connectivity index is 2.00. The molecule has 0 spiro atoms. The summed E-state index contributed by atoms with van der Waals surface area (Å²) in [4.78, 5) is 0. The van der Waals surface area contributed by atoms with E-state index in [0.29, 0.717) is 19.0 Å². The summed E-state index contributed by atoms with van der Waals surface area (Å²) in [5.74, 6) is 0.694. The molecule has 6 nitrogen and oxygen atoms in total. The van der Waals surface area contributed by atoms with E-state index in [2.05, 4.69) is 29.5 Å². The molecule has 1 aromatic heterocycles. The zero-order valence-corrected chi connectivity index (χ0v) is 11.3. The molecule has 1 heterocycles. The molecule has 0 unspecified atom stereocenters. The van der Waals surface area contributed by atoms with Crippen molar-refractivity contribution in [2.24, 2.45) is 5.92 Å². The van der Waals surface area contributed by atoms with Crippen molar-refractivity contribution in [3.63, 3.8) is 0 Å². The molecule has 0 amide bonds. The number of ether oxygens (including phenoxy) is 1. The summed E-state index contributed by atoms with van der Waals surface area (Å²) in [5.41, 5.74) is 0.880. The SMILES string of the molecule is CC(C)CCOCCNCc1cn(CCO)nn1. The van der Waals surface area contributed by atoms with E-state index >= 15 is 0 Å². The fourth-order valence-electron chi connectivity index (χ4n) is 1.41. The van der Waals surface area contributed by atoms with Gasteiger partial charge in [-0.1, -0.05) is 19.1 Å². The molecule has 0 aliphatic rings. The third-order valence-corrected chi connectivity index (χ3v) is 2.48. The van der Waals surface area contributed by atoms with Crippen LogP contribution in [0, 0.1) is 5.92 Å². The number of aliphatic hydroxyl groups excluding tert-OH is 1. The third-order valence-electron chi connectivity index (χ3n) is 2.48. The van der Waals surface area contributed by atoms with Gasteiger partial charge in [0.15, 0.2) is 0 Å². The van der Waals surface area contributed by atoms with Gasteiger partial charge in [0.2, 0.25) is 0 Å². The van der Waals surface area contributed by atoms with Crippen LogP contribution in [0.25, 0.3) is 0 Å². The van der Waals surface area contributed by atoms with Crippen LogP contribution in [-0.2, 0) is 17.8 Å². The molecule has 2 N–H and O–H groups in total. The predicted octanol–water partition coefficient (Wildman–Crippen LogP) is 0.423. The summed E-state index contributed by atoms with van der Waals surface area (Å²) >= 11 is 0. The summed E-state index contributed by atoms with van der Waals surface area (Å²) < 4.78 is 7.12. The minimum absolute atomic E-state index is 0.0833. The Hall–Kier alpha value is -0.980. The Morgan fingerprint density at radius 1 is 1.44 bits per heavy atom. The maximum Gasteiger partial charge on any atom is 0.0964 e. The van der Waals surface area contributed by atoms with Gasteiger partial charge in [0.25, 0.3) is 0 Å². The van der Waals surface area contributed by atoms with Crippen LogP contribution in [0.15, 0.2) is 6.20 Å². The first-order valence-electron chi connectivity index (χ1n) is 6.50. The van der Waals surface area contributed by atoms with Crippen molar-refractivity contribution in [2.75, 3.05) is 26.4 Å². The summed E-state index contributed by atoms with van der Waals surface area (Å²) in [7, 11) is 0. The van der Waals surface area contributed by atoms with Gasteiger partial charge in [-0.25, -0.2) is 4.68 Å². The second-order valence-corrected chi connectivity index (χ2v) is 4.67. The molecule has 0 aliphatic carbocycles. The van der Waals surface area contributed by atoms with Crippen LogP contribution >= 0.6 is 0 Å². The smallest absolute Gasteiger partial charge is 0.0964 e. The first kappa shape index (κ1) is 15.1. The molecule has 0 saturated carbocycles. The maximum absolute atomic E-state index is 8.74. The molecule has 104 valence electrons. The van der Waals surface area contributed by atoms with Crippen LogP contribution in [0.2, 0.25) is 0 Å². The van der Waals surface area contributed by atoms with Crippen molar-refractivity contribution >= 4 is 0 Å². The highest BCUT2D eigenvalue weighted by molar-refractivity contribution is 4.91. The van der Waals surface area contributed by atoms with Crippen molar-refractivity contribution in [1.29, 1.82) is 0 Å². The van der Waals surface area contributed by atoms with E-state index in [-0.39, 0.29) is 6.61 Å². The molecular weight excluding hydrogens is 232 g/mol. The van der Waals surface area contributed by atoms with Gasteiger partial charge in [0.1, 0.15) is 0 Å². The number of rotatable bonds is 10. The summed E-state index contributed by atoms with van der Waals surface area (Å²) in [6, 6.07) is 0. The van der Waals surface area contributed by atoms with Gasteiger partial charge in [-0.05, 0) is 12.3 Å². The highest BCUT2D eigenvalue weighted by atomic mass is 16.5. The van der Waals surface area contributed by atoms with Crippen molar-refractivity contribution in [3.8, 4) is 0 Å². The Bertz CT molecular complexity index is 315. The van der Waals surface area contributed by atoms with Crippen LogP contribution in [0.3, 0.4) is 0 Å². The van der Waals surface area contributed by atoms with Crippen molar-refractivity contribution in [1.82, 2.24) is 20.3 Å². The molecule has 0 atom stereocenters. The average molecular weight is 256 g/mol. The molecule has 0 radical (unpaired) electrons. The van der Waals surface area contributed by atoms with E-state index in [4.69, 9.17) is 9.84 Å². The Morgan fingerprint density at radius 2 is 2.28 bits per heavy atom. The normalized spacial score (nSPS) is 11.3. The van der Waals surface area contributed by atoms with Gasteiger partial charge in [0, 0.05) is 25.9 Å². The topological polar surface area (TPSA) is 72.2 Å². The van der Waals surface area contributed by atoms with Crippen LogP contribution < -0.4 is 5.32 Å². The van der Waals surface area contributed by atoms with Crippen molar-refractivity contribution in [3.05, 3.63) is 11.9 Å². The minimum atomic E-state index is 0.0833. The first-order valence-corrected chi connectivity index (χ1v) is 6.50. The predicted molar refractivity (Wildman–Crippen MR) is 69.1 cm³/mol. The van der Waals surface area contributed by atoms with Gasteiger partial charge in [-0.15, -0.1) is 5.10 Å². The molecule has 0 bridgehead atoms. The lowest BCUT2D eigenvalue weighted by Crippen LogP contribution is -2.20. The number of nitrogens with one attached hydrogen (secondary N) is 1. The second-order valence-electron chi connectivity index (χ2n) is 4.67. The fraction of sp³-hybridized carbons (Fsp3) is 0.833. The Kier molecular flexibility index (Phi) is 7.55. The van der Waals surface area contributed by atoms with Gasteiger partial charge < -0.3 is 15.2 Å². The summed E-state index contributed by atoms with van der Waals surface area (Å²) in [5, 5.41) is 19.9. The van der Waals surface area contributed by atoms with Crippen molar-refractivity contribution < 1.29 is 9.84 Å². The molecule has 18 heavy (non-hydrogen) atoms. The highest BCUT2D eigenvalue weighted by Crippen LogP contribution is 1.98. The first-order chi connectivity index (χ1) is 8.72. The lowest BCUT2D eigenvalue weighted by molar-refractivity contribution is 0.125. The van der Waals surface area contributed by atoms with Crippen molar-refractivity contribution in [2.45, 2.75) is 33.4 Å². The molecule has 0 saturated heterocycles. The molecule has 0 fully saturated rings. The number of aromatic nitrogens is 3. The average Bonchev–Trinajstić information content (AvgIpc) is 2.76. The zero-order chi connectivity index (χ0) is 13.2. The van der Waals surface area contributed by atoms with Crippen LogP contribution in [0.5, 0.6) is 0 Å². The van der Waals surface area contributed by atoms with Gasteiger partial charge >= 0.3 is 0 Å². The number of aliphatic hydroxyl groups is 1. The standard InChI is InChI=1S/C12H24N4O2/c1-11(2)3-7-18-8-4-13-9-12-10-16(5-6-17)15-14-12/h10-11,13,17H,3-9H2,1-2H3. The van der Waals surface area contributed by atoms with E-state index in [1.807, 2.05) is 6.20 Å². The molecule has 1 rings (SSSR count). The molecular formula is C12H24N4O2. The zero-order valence-electron chi connectivity index (χ0n) is 11.3. The molecule has 6 heteroatoms. The van der Waals surface area contributed by atoms with E-state index < -0.39 is 0 Å². The van der Waals surface area contributed by atoms with E-state index in [9.17, 15) is 0 Å². The number of nitrogens with zero attached hydrogens (tertiary/aromatic N) is 3. The fourth-order valence-corrected chi connectivity index (χ4v) is 1.41. The van der Waals surface area contributed by atoms with Crippen LogP contribution in [-0.4, -0.2) is 46.5 Å². The highest BCUT2D eigenvalue weighted by Gasteiger charge is 1.99. The largest absolute Gasteiger partial charge is 0.394 e. The number of hydrogen-bond donors (Lipinski definition) is 2. The summed E-state index contributed by atoms with van der Waals surface area (Å²) in [6.45, 7) is 7.99. The number of hydrogen-bond acceptors (Lipinski definition) is 5. The van der Waals surface area contributed by atoms with E-state index in [1.165, 1.54) is 0 Å². The van der Waals surface area contributed by atoms with Gasteiger partial charge in [-0.3, -0.25) is 0 Å². The Labute approximate surface area is 108 Å². The maximum atomic E-state index is 8.74. The van der Waals surface area contributed by atoms with Crippen LogP contribution in [0.1, 0.15) is 26.0 Å². The lowest BCUT2D eigenvalue weighted by Gasteiger charge is -2.06. The van der Waals surface area contributed by atoms with E-state index in [1.54, 1.807) is 4.68 Å². The summed E-state index contributed by atoms with van der Waals surface area (Å²) in [6.07, 6.45) is 2.94. The third kappa shape index (κ3) is 6.68. The Morgan fingerprint density at radius 3 is 3.00 bits per heavy atom. The van der Waals surface area contributed by atoms with Gasteiger partial charge in [-0.2, -0.15) is 0 Å².